The van der Waals surface area contributed by atoms with Gasteiger partial charge in [0.1, 0.15) is 11.5 Å². The van der Waals surface area contributed by atoms with Gasteiger partial charge in [-0.15, -0.1) is 0 Å². The number of hydrazone groups is 1. The van der Waals surface area contributed by atoms with Gasteiger partial charge in [-0.1, -0.05) is 55.5 Å². The highest BCUT2D eigenvalue weighted by atomic mass is 16.5. The molecule has 0 heterocycles. The van der Waals surface area contributed by atoms with Gasteiger partial charge in [0.15, 0.2) is 0 Å². The number of benzene rings is 3. The Morgan fingerprint density at radius 3 is 2.33 bits per heavy atom. The minimum absolute atomic E-state index is 0.153. The molecule has 0 spiro atoms. The van der Waals surface area contributed by atoms with Gasteiger partial charge < -0.3 is 9.84 Å². The first kappa shape index (κ1) is 18.5. The summed E-state index contributed by atoms with van der Waals surface area (Å²) in [5.41, 5.74) is 2.79. The normalized spacial score (nSPS) is 10.9. The molecule has 0 saturated heterocycles. The van der Waals surface area contributed by atoms with Crippen molar-refractivity contribution >= 4 is 11.9 Å². The molecular formula is C23H24N2O2. The molecule has 0 amide bonds. The lowest BCUT2D eigenvalue weighted by Crippen LogP contribution is -2.16. The van der Waals surface area contributed by atoms with Gasteiger partial charge in [0.05, 0.1) is 25.1 Å². The van der Waals surface area contributed by atoms with Crippen molar-refractivity contribution in [1.29, 1.82) is 0 Å². The summed E-state index contributed by atoms with van der Waals surface area (Å²) in [5, 5.41) is 16.8. The molecule has 27 heavy (non-hydrogen) atoms. The molecule has 0 bridgehead atoms. The maximum Gasteiger partial charge on any atom is 0.128 e. The van der Waals surface area contributed by atoms with E-state index in [1.54, 1.807) is 12.3 Å². The fraction of sp³-hybridized carbons (Fsp3) is 0.174. The molecule has 4 heteroatoms. The van der Waals surface area contributed by atoms with Gasteiger partial charge in [0.2, 0.25) is 0 Å². The lowest BCUT2D eigenvalue weighted by molar-refractivity contribution is 0.315. The molecule has 0 aliphatic carbocycles. The maximum absolute atomic E-state index is 10.3. The van der Waals surface area contributed by atoms with Crippen LogP contribution in [0.4, 0.5) is 5.69 Å². The predicted octanol–water partition coefficient (Wildman–Crippen LogP) is 5.22. The first-order valence-electron chi connectivity index (χ1n) is 9.12. The van der Waals surface area contributed by atoms with E-state index in [4.69, 9.17) is 4.74 Å². The molecule has 0 aliphatic rings. The zero-order valence-electron chi connectivity index (χ0n) is 15.5. The lowest BCUT2D eigenvalue weighted by atomic mass is 10.2. The standard InChI is InChI=1S/C23H24N2O2/c1-2-15-27-22-14-13-20(23(26)16-22)17-24-25(21-11-7-4-8-12-21)18-19-9-5-3-6-10-19/h3-14,16-17,26H,2,15,18H2,1H3/b24-17+. The van der Waals surface area contributed by atoms with Crippen LogP contribution in [0.25, 0.3) is 0 Å². The van der Waals surface area contributed by atoms with E-state index in [1.165, 1.54) is 0 Å². The Hall–Kier alpha value is -3.27. The summed E-state index contributed by atoms with van der Waals surface area (Å²) in [6.45, 7) is 3.32. The second kappa shape index (κ2) is 9.43. The number of phenols is 1. The molecule has 138 valence electrons. The van der Waals surface area contributed by atoms with Crippen LogP contribution >= 0.6 is 0 Å². The molecule has 3 aromatic carbocycles. The molecule has 0 saturated carbocycles. The highest BCUT2D eigenvalue weighted by Gasteiger charge is 2.07. The van der Waals surface area contributed by atoms with E-state index < -0.39 is 0 Å². The predicted molar refractivity (Wildman–Crippen MR) is 111 cm³/mol. The molecule has 0 fully saturated rings. The van der Waals surface area contributed by atoms with Gasteiger partial charge in [0, 0.05) is 11.6 Å². The number of rotatable bonds is 8. The number of hydrogen-bond acceptors (Lipinski definition) is 4. The van der Waals surface area contributed by atoms with Crippen LogP contribution in [0.3, 0.4) is 0 Å². The average Bonchev–Trinajstić information content (AvgIpc) is 2.72. The minimum Gasteiger partial charge on any atom is -0.507 e. The fourth-order valence-electron chi connectivity index (χ4n) is 2.63. The zero-order valence-corrected chi connectivity index (χ0v) is 15.5. The summed E-state index contributed by atoms with van der Waals surface area (Å²) in [6, 6.07) is 25.5. The third kappa shape index (κ3) is 5.35. The van der Waals surface area contributed by atoms with Crippen LogP contribution in [-0.2, 0) is 6.54 Å². The number of phenolic OH excluding ortho intramolecular Hbond substituents is 1. The van der Waals surface area contributed by atoms with Gasteiger partial charge in [0.25, 0.3) is 0 Å². The van der Waals surface area contributed by atoms with E-state index in [9.17, 15) is 5.11 Å². The van der Waals surface area contributed by atoms with Crippen LogP contribution in [0, 0.1) is 0 Å². The van der Waals surface area contributed by atoms with E-state index in [-0.39, 0.29) is 5.75 Å². The Bertz CT molecular complexity index is 864. The molecule has 3 rings (SSSR count). The summed E-state index contributed by atoms with van der Waals surface area (Å²) in [5.74, 6) is 0.816. The number of hydrogen-bond donors (Lipinski definition) is 1. The summed E-state index contributed by atoms with van der Waals surface area (Å²) < 4.78 is 5.55. The van der Waals surface area contributed by atoms with Gasteiger partial charge in [-0.3, -0.25) is 5.01 Å². The Labute approximate surface area is 160 Å². The van der Waals surface area contributed by atoms with Crippen molar-refractivity contribution in [2.45, 2.75) is 19.9 Å². The van der Waals surface area contributed by atoms with Crippen LogP contribution in [0.2, 0.25) is 0 Å². The number of nitrogens with zero attached hydrogens (tertiary/aromatic N) is 2. The van der Waals surface area contributed by atoms with E-state index in [1.807, 2.05) is 72.6 Å². The maximum atomic E-state index is 10.3. The van der Waals surface area contributed by atoms with Crippen LogP contribution < -0.4 is 9.75 Å². The van der Waals surface area contributed by atoms with E-state index in [0.717, 1.165) is 17.7 Å². The number of para-hydroxylation sites is 1. The van der Waals surface area contributed by atoms with E-state index in [2.05, 4.69) is 17.2 Å². The average molecular weight is 360 g/mol. The van der Waals surface area contributed by atoms with Crippen LogP contribution in [0.15, 0.2) is 84.0 Å². The highest BCUT2D eigenvalue weighted by molar-refractivity contribution is 5.84. The van der Waals surface area contributed by atoms with Crippen molar-refractivity contribution < 1.29 is 9.84 Å². The highest BCUT2D eigenvalue weighted by Crippen LogP contribution is 2.23. The zero-order chi connectivity index (χ0) is 18.9. The smallest absolute Gasteiger partial charge is 0.128 e. The van der Waals surface area contributed by atoms with Crippen molar-refractivity contribution in [3.05, 3.63) is 90.0 Å². The monoisotopic (exact) mass is 360 g/mol. The molecular weight excluding hydrogens is 336 g/mol. The molecule has 0 aliphatic heterocycles. The third-order valence-corrected chi connectivity index (χ3v) is 4.04. The summed E-state index contributed by atoms with van der Waals surface area (Å²) in [4.78, 5) is 0. The van der Waals surface area contributed by atoms with Gasteiger partial charge in [-0.05, 0) is 36.2 Å². The second-order valence-electron chi connectivity index (χ2n) is 6.19. The molecule has 4 nitrogen and oxygen atoms in total. The molecule has 3 aromatic rings. The Kier molecular flexibility index (Phi) is 6.47. The quantitative estimate of drug-likeness (QED) is 0.442. The van der Waals surface area contributed by atoms with Crippen molar-refractivity contribution in [3.63, 3.8) is 0 Å². The lowest BCUT2D eigenvalue weighted by Gasteiger charge is -2.19. The summed E-state index contributed by atoms with van der Waals surface area (Å²) in [7, 11) is 0. The molecule has 1 N–H and O–H groups in total. The third-order valence-electron chi connectivity index (χ3n) is 4.04. The van der Waals surface area contributed by atoms with Crippen LogP contribution in [0.1, 0.15) is 24.5 Å². The SMILES string of the molecule is CCCOc1ccc(/C=N/N(Cc2ccccc2)c2ccccc2)c(O)c1. The summed E-state index contributed by atoms with van der Waals surface area (Å²) >= 11 is 0. The van der Waals surface area contributed by atoms with Gasteiger partial charge in [-0.25, -0.2) is 0 Å². The van der Waals surface area contributed by atoms with Crippen LogP contribution in [0.5, 0.6) is 11.5 Å². The Balaban J connectivity index is 1.81. The topological polar surface area (TPSA) is 45.1 Å². The van der Waals surface area contributed by atoms with Crippen molar-refractivity contribution in [2.24, 2.45) is 5.10 Å². The summed E-state index contributed by atoms with van der Waals surface area (Å²) in [6.07, 6.45) is 2.60. The molecule has 0 aromatic heterocycles. The molecule has 0 radical (unpaired) electrons. The fourth-order valence-corrected chi connectivity index (χ4v) is 2.63. The van der Waals surface area contributed by atoms with Crippen molar-refractivity contribution in [1.82, 2.24) is 0 Å². The van der Waals surface area contributed by atoms with Crippen LogP contribution in [-0.4, -0.2) is 17.9 Å². The van der Waals surface area contributed by atoms with Crippen molar-refractivity contribution in [3.8, 4) is 11.5 Å². The molecule has 0 unspecified atom stereocenters. The van der Waals surface area contributed by atoms with E-state index >= 15 is 0 Å². The minimum atomic E-state index is 0.153. The second-order valence-corrected chi connectivity index (χ2v) is 6.19. The molecule has 0 atom stereocenters. The first-order chi connectivity index (χ1) is 13.3. The number of aromatic hydroxyl groups is 1. The van der Waals surface area contributed by atoms with Crippen molar-refractivity contribution in [2.75, 3.05) is 11.6 Å². The number of anilines is 1. The largest absolute Gasteiger partial charge is 0.507 e. The van der Waals surface area contributed by atoms with Gasteiger partial charge in [-0.2, -0.15) is 5.10 Å². The Morgan fingerprint density at radius 1 is 0.963 bits per heavy atom. The van der Waals surface area contributed by atoms with Gasteiger partial charge >= 0.3 is 0 Å². The van der Waals surface area contributed by atoms with E-state index in [0.29, 0.717) is 24.5 Å². The number of ether oxygens (including phenoxy) is 1. The Morgan fingerprint density at radius 2 is 1.67 bits per heavy atom. The first-order valence-corrected chi connectivity index (χ1v) is 9.12.